The topological polar surface area (TPSA) is 29.1 Å². The Morgan fingerprint density at radius 1 is 1.07 bits per heavy atom. The molecule has 78 valence electrons. The van der Waals surface area contributed by atoms with Gasteiger partial charge in [0.2, 0.25) is 0 Å². The zero-order valence-corrected chi connectivity index (χ0v) is 8.72. The average Bonchev–Trinajstić information content (AvgIpc) is 2.63. The second-order valence-electron chi connectivity index (χ2n) is 4.45. The summed E-state index contributed by atoms with van der Waals surface area (Å²) in [7, 11) is 0. The molecule has 0 spiro atoms. The Morgan fingerprint density at radius 2 is 1.86 bits per heavy atom. The van der Waals surface area contributed by atoms with Gasteiger partial charge in [0, 0.05) is 24.2 Å². The van der Waals surface area contributed by atoms with E-state index in [4.69, 9.17) is 0 Å². The predicted molar refractivity (Wildman–Crippen MR) is 56.9 cm³/mol. The SMILES string of the molecule is O=C1CCC/C1=C\NC1CCCCC1. The lowest BCUT2D eigenvalue weighted by molar-refractivity contribution is -0.114. The van der Waals surface area contributed by atoms with Crippen molar-refractivity contribution in [2.24, 2.45) is 0 Å². The maximum atomic E-state index is 11.3. The van der Waals surface area contributed by atoms with Crippen LogP contribution < -0.4 is 5.32 Å². The van der Waals surface area contributed by atoms with E-state index in [1.165, 1.54) is 32.1 Å². The number of Topliss-reactive ketones (excluding diaryl/α,β-unsaturated/α-hetero) is 1. The summed E-state index contributed by atoms with van der Waals surface area (Å²) in [5.74, 6) is 0.355. The number of carbonyl (C=O) groups is 1. The van der Waals surface area contributed by atoms with Gasteiger partial charge in [-0.3, -0.25) is 4.79 Å². The van der Waals surface area contributed by atoms with E-state index in [0.29, 0.717) is 11.8 Å². The van der Waals surface area contributed by atoms with Crippen molar-refractivity contribution in [3.05, 3.63) is 11.8 Å². The van der Waals surface area contributed by atoms with Gasteiger partial charge in [0.25, 0.3) is 0 Å². The van der Waals surface area contributed by atoms with Crippen LogP contribution in [0.25, 0.3) is 0 Å². The van der Waals surface area contributed by atoms with Crippen molar-refractivity contribution in [1.82, 2.24) is 5.32 Å². The van der Waals surface area contributed by atoms with Gasteiger partial charge in [0.1, 0.15) is 0 Å². The molecule has 1 N–H and O–H groups in total. The van der Waals surface area contributed by atoms with Crippen molar-refractivity contribution < 1.29 is 4.79 Å². The molecule has 2 aliphatic rings. The molecule has 0 atom stereocenters. The fourth-order valence-electron chi connectivity index (χ4n) is 2.38. The zero-order chi connectivity index (χ0) is 9.80. The Balaban J connectivity index is 1.82. The van der Waals surface area contributed by atoms with Crippen LogP contribution in [0.15, 0.2) is 11.8 Å². The summed E-state index contributed by atoms with van der Waals surface area (Å²) in [4.78, 5) is 11.3. The summed E-state index contributed by atoms with van der Waals surface area (Å²) >= 11 is 0. The third kappa shape index (κ3) is 2.37. The summed E-state index contributed by atoms with van der Waals surface area (Å²) in [6.07, 6.45) is 11.4. The molecule has 0 heterocycles. The van der Waals surface area contributed by atoms with Gasteiger partial charge in [0.15, 0.2) is 5.78 Å². The van der Waals surface area contributed by atoms with Crippen LogP contribution in [0.5, 0.6) is 0 Å². The molecule has 0 aromatic rings. The van der Waals surface area contributed by atoms with Gasteiger partial charge in [-0.05, 0) is 25.7 Å². The molecule has 0 amide bonds. The first-order valence-corrected chi connectivity index (χ1v) is 5.84. The number of rotatable bonds is 2. The molecule has 14 heavy (non-hydrogen) atoms. The quantitative estimate of drug-likeness (QED) is 0.683. The van der Waals surface area contributed by atoms with E-state index in [0.717, 1.165) is 24.8 Å². The monoisotopic (exact) mass is 193 g/mol. The summed E-state index contributed by atoms with van der Waals surface area (Å²) in [6.45, 7) is 0. The Labute approximate surface area is 85.8 Å². The third-order valence-electron chi connectivity index (χ3n) is 3.31. The first-order chi connectivity index (χ1) is 6.86. The van der Waals surface area contributed by atoms with Gasteiger partial charge in [-0.1, -0.05) is 19.3 Å². The van der Waals surface area contributed by atoms with E-state index in [-0.39, 0.29) is 0 Å². The Hall–Kier alpha value is -0.790. The lowest BCUT2D eigenvalue weighted by atomic mass is 9.95. The van der Waals surface area contributed by atoms with Crippen molar-refractivity contribution in [3.63, 3.8) is 0 Å². The maximum Gasteiger partial charge on any atom is 0.160 e. The second-order valence-corrected chi connectivity index (χ2v) is 4.45. The Bertz CT molecular complexity index is 239. The summed E-state index contributed by atoms with van der Waals surface area (Å²) in [6, 6.07) is 0.629. The van der Waals surface area contributed by atoms with Crippen LogP contribution in [0, 0.1) is 0 Å². The minimum absolute atomic E-state index is 0.355. The van der Waals surface area contributed by atoms with Gasteiger partial charge in [0.05, 0.1) is 0 Å². The van der Waals surface area contributed by atoms with Crippen LogP contribution in [-0.2, 0) is 4.79 Å². The first kappa shape index (κ1) is 9.75. The molecular formula is C12H19NO. The lowest BCUT2D eigenvalue weighted by Crippen LogP contribution is -2.27. The zero-order valence-electron chi connectivity index (χ0n) is 8.72. The van der Waals surface area contributed by atoms with Crippen LogP contribution in [0.2, 0.25) is 0 Å². The van der Waals surface area contributed by atoms with Crippen LogP contribution in [0.4, 0.5) is 0 Å². The molecule has 0 aliphatic heterocycles. The van der Waals surface area contributed by atoms with Gasteiger partial charge in [-0.2, -0.15) is 0 Å². The smallest absolute Gasteiger partial charge is 0.160 e. The van der Waals surface area contributed by atoms with Crippen molar-refractivity contribution in [3.8, 4) is 0 Å². The highest BCUT2D eigenvalue weighted by molar-refractivity contribution is 5.97. The van der Waals surface area contributed by atoms with E-state index in [2.05, 4.69) is 5.32 Å². The molecule has 2 fully saturated rings. The molecule has 2 rings (SSSR count). The van der Waals surface area contributed by atoms with Crippen LogP contribution in [-0.4, -0.2) is 11.8 Å². The summed E-state index contributed by atoms with van der Waals surface area (Å²) in [5, 5.41) is 3.41. The number of ketones is 1. The lowest BCUT2D eigenvalue weighted by Gasteiger charge is -2.22. The molecule has 0 bridgehead atoms. The highest BCUT2D eigenvalue weighted by Gasteiger charge is 2.17. The number of hydrogen-bond acceptors (Lipinski definition) is 2. The standard InChI is InChI=1S/C12H19NO/c14-12-8-4-5-10(12)9-13-11-6-2-1-3-7-11/h9,11,13H,1-8H2/b10-9+. The summed E-state index contributed by atoms with van der Waals surface area (Å²) in [5.41, 5.74) is 1.02. The van der Waals surface area contributed by atoms with Crippen molar-refractivity contribution in [2.75, 3.05) is 0 Å². The van der Waals surface area contributed by atoms with Crippen LogP contribution >= 0.6 is 0 Å². The fraction of sp³-hybridized carbons (Fsp3) is 0.750. The van der Waals surface area contributed by atoms with E-state index in [1.807, 2.05) is 6.20 Å². The van der Waals surface area contributed by atoms with Gasteiger partial charge >= 0.3 is 0 Å². The second kappa shape index (κ2) is 4.63. The maximum absolute atomic E-state index is 11.3. The molecule has 2 saturated carbocycles. The average molecular weight is 193 g/mol. The van der Waals surface area contributed by atoms with E-state index < -0.39 is 0 Å². The van der Waals surface area contributed by atoms with Gasteiger partial charge in [-0.25, -0.2) is 0 Å². The number of carbonyl (C=O) groups excluding carboxylic acids is 1. The number of hydrogen-bond donors (Lipinski definition) is 1. The molecule has 0 aromatic carbocycles. The molecule has 0 radical (unpaired) electrons. The Kier molecular flexibility index (Phi) is 3.22. The molecule has 2 nitrogen and oxygen atoms in total. The van der Waals surface area contributed by atoms with Crippen molar-refractivity contribution >= 4 is 5.78 Å². The van der Waals surface area contributed by atoms with E-state index in [9.17, 15) is 4.79 Å². The molecule has 0 unspecified atom stereocenters. The van der Waals surface area contributed by atoms with Crippen molar-refractivity contribution in [1.29, 1.82) is 0 Å². The fourth-order valence-corrected chi connectivity index (χ4v) is 2.38. The Morgan fingerprint density at radius 3 is 2.50 bits per heavy atom. The molecule has 2 aliphatic carbocycles. The van der Waals surface area contributed by atoms with Crippen LogP contribution in [0.3, 0.4) is 0 Å². The first-order valence-electron chi connectivity index (χ1n) is 5.84. The minimum Gasteiger partial charge on any atom is -0.388 e. The third-order valence-corrected chi connectivity index (χ3v) is 3.31. The molecule has 0 aromatic heterocycles. The highest BCUT2D eigenvalue weighted by Crippen LogP contribution is 2.21. The molecule has 0 saturated heterocycles. The van der Waals surface area contributed by atoms with Crippen LogP contribution in [0.1, 0.15) is 51.4 Å². The summed E-state index contributed by atoms with van der Waals surface area (Å²) < 4.78 is 0. The molecular weight excluding hydrogens is 174 g/mol. The number of allylic oxidation sites excluding steroid dienone is 1. The highest BCUT2D eigenvalue weighted by atomic mass is 16.1. The largest absolute Gasteiger partial charge is 0.388 e. The van der Waals surface area contributed by atoms with Crippen molar-refractivity contribution in [2.45, 2.75) is 57.4 Å². The normalized spacial score (nSPS) is 27.1. The van der Waals surface area contributed by atoms with Gasteiger partial charge < -0.3 is 5.32 Å². The minimum atomic E-state index is 0.355. The van der Waals surface area contributed by atoms with Gasteiger partial charge in [-0.15, -0.1) is 0 Å². The molecule has 2 heteroatoms. The van der Waals surface area contributed by atoms with E-state index in [1.54, 1.807) is 0 Å². The van der Waals surface area contributed by atoms with E-state index >= 15 is 0 Å². The number of nitrogens with one attached hydrogen (secondary N) is 1. The predicted octanol–water partition coefficient (Wildman–Crippen LogP) is 2.55.